The average Bonchev–Trinajstić information content (AvgIpc) is 3.01. The van der Waals surface area contributed by atoms with Crippen LogP contribution < -0.4 is 5.32 Å². The fourth-order valence-electron chi connectivity index (χ4n) is 2.71. The molecule has 124 valence electrons. The first kappa shape index (κ1) is 16.5. The van der Waals surface area contributed by atoms with Crippen molar-refractivity contribution in [1.29, 1.82) is 0 Å². The van der Waals surface area contributed by atoms with Gasteiger partial charge in [-0.15, -0.1) is 0 Å². The fourth-order valence-corrected chi connectivity index (χ4v) is 2.94. The van der Waals surface area contributed by atoms with Crippen LogP contribution >= 0.6 is 11.6 Å². The molecular formula is C19H20ClN3O. The Kier molecular flexibility index (Phi) is 5.49. The zero-order valence-corrected chi connectivity index (χ0v) is 14.2. The molecule has 4 nitrogen and oxygen atoms in total. The molecule has 0 aliphatic rings. The lowest BCUT2D eigenvalue weighted by atomic mass is 10.1. The van der Waals surface area contributed by atoms with Crippen molar-refractivity contribution in [3.05, 3.63) is 65.4 Å². The molecule has 24 heavy (non-hydrogen) atoms. The Bertz CT molecular complexity index is 828. The predicted octanol–water partition coefficient (Wildman–Crippen LogP) is 3.83. The number of carbonyl (C=O) groups excluding carboxylic acids is 1. The van der Waals surface area contributed by atoms with Crippen molar-refractivity contribution in [1.82, 2.24) is 14.9 Å². The molecule has 3 rings (SSSR count). The summed E-state index contributed by atoms with van der Waals surface area (Å²) in [6, 6.07) is 15.8. The molecular weight excluding hydrogens is 322 g/mol. The summed E-state index contributed by atoms with van der Waals surface area (Å²) in [5.74, 6) is 0.0620. The molecule has 0 bridgehead atoms. The molecule has 5 heteroatoms. The largest absolute Gasteiger partial charge is 0.356 e. The van der Waals surface area contributed by atoms with E-state index in [9.17, 15) is 4.79 Å². The van der Waals surface area contributed by atoms with Crippen LogP contribution in [0.4, 0.5) is 0 Å². The summed E-state index contributed by atoms with van der Waals surface area (Å²) >= 11 is 6.12. The number of halogens is 1. The Hall–Kier alpha value is -2.33. The fraction of sp³-hybridized carbons (Fsp3) is 0.263. The SMILES string of the molecule is O=C(CCn1cnc2ccccc21)NCCCc1ccccc1Cl. The minimum absolute atomic E-state index is 0.0620. The van der Waals surface area contributed by atoms with E-state index in [1.807, 2.05) is 53.1 Å². The highest BCUT2D eigenvalue weighted by molar-refractivity contribution is 6.31. The number of fused-ring (bicyclic) bond motifs is 1. The number of imidazole rings is 1. The Morgan fingerprint density at radius 2 is 1.92 bits per heavy atom. The van der Waals surface area contributed by atoms with Gasteiger partial charge in [0.2, 0.25) is 5.91 Å². The number of carbonyl (C=O) groups is 1. The van der Waals surface area contributed by atoms with Gasteiger partial charge in [0, 0.05) is 24.5 Å². The van der Waals surface area contributed by atoms with Gasteiger partial charge in [0.25, 0.3) is 0 Å². The maximum absolute atomic E-state index is 12.0. The second kappa shape index (κ2) is 7.97. The zero-order valence-electron chi connectivity index (χ0n) is 13.4. The molecule has 1 amide bonds. The zero-order chi connectivity index (χ0) is 16.8. The van der Waals surface area contributed by atoms with Crippen molar-refractivity contribution in [2.24, 2.45) is 0 Å². The summed E-state index contributed by atoms with van der Waals surface area (Å²) in [7, 11) is 0. The number of para-hydroxylation sites is 2. The summed E-state index contributed by atoms with van der Waals surface area (Å²) in [5.41, 5.74) is 3.14. The van der Waals surface area contributed by atoms with Gasteiger partial charge < -0.3 is 9.88 Å². The molecule has 0 aliphatic carbocycles. The summed E-state index contributed by atoms with van der Waals surface area (Å²) in [6.45, 7) is 1.30. The number of benzene rings is 2. The lowest BCUT2D eigenvalue weighted by molar-refractivity contribution is -0.121. The van der Waals surface area contributed by atoms with Crippen molar-refractivity contribution in [3.63, 3.8) is 0 Å². The number of aromatic nitrogens is 2. The van der Waals surface area contributed by atoms with Crippen LogP contribution in [0.2, 0.25) is 5.02 Å². The molecule has 1 heterocycles. The third-order valence-corrected chi connectivity index (χ3v) is 4.38. The first-order valence-corrected chi connectivity index (χ1v) is 8.52. The van der Waals surface area contributed by atoms with Gasteiger partial charge in [0.1, 0.15) is 0 Å². The third-order valence-electron chi connectivity index (χ3n) is 4.01. The maximum Gasteiger partial charge on any atom is 0.221 e. The summed E-state index contributed by atoms with van der Waals surface area (Å²) < 4.78 is 2.01. The maximum atomic E-state index is 12.0. The number of amides is 1. The summed E-state index contributed by atoms with van der Waals surface area (Å²) in [6.07, 6.45) is 3.98. The summed E-state index contributed by atoms with van der Waals surface area (Å²) in [4.78, 5) is 16.3. The highest BCUT2D eigenvalue weighted by Gasteiger charge is 2.05. The number of rotatable bonds is 7. The van der Waals surface area contributed by atoms with Gasteiger partial charge >= 0.3 is 0 Å². The van der Waals surface area contributed by atoms with Gasteiger partial charge in [-0.25, -0.2) is 4.98 Å². The number of hydrogen-bond acceptors (Lipinski definition) is 2. The quantitative estimate of drug-likeness (QED) is 0.664. The molecule has 0 saturated heterocycles. The van der Waals surface area contributed by atoms with E-state index >= 15 is 0 Å². The average molecular weight is 342 g/mol. The number of nitrogens with zero attached hydrogens (tertiary/aromatic N) is 2. The third kappa shape index (κ3) is 4.15. The van der Waals surface area contributed by atoms with Gasteiger partial charge in [0.15, 0.2) is 0 Å². The van der Waals surface area contributed by atoms with Gasteiger partial charge in [-0.05, 0) is 36.6 Å². The van der Waals surface area contributed by atoms with E-state index in [4.69, 9.17) is 11.6 Å². The van der Waals surface area contributed by atoms with E-state index in [0.29, 0.717) is 19.5 Å². The van der Waals surface area contributed by atoms with E-state index in [-0.39, 0.29) is 5.91 Å². The normalized spacial score (nSPS) is 10.9. The molecule has 0 spiro atoms. The van der Waals surface area contributed by atoms with Crippen LogP contribution in [0.15, 0.2) is 54.9 Å². The molecule has 3 aromatic rings. The predicted molar refractivity (Wildman–Crippen MR) is 97.1 cm³/mol. The second-order valence-corrected chi connectivity index (χ2v) is 6.13. The molecule has 0 unspecified atom stereocenters. The van der Waals surface area contributed by atoms with Gasteiger partial charge in [0.05, 0.1) is 17.4 Å². The lowest BCUT2D eigenvalue weighted by Gasteiger charge is -2.07. The van der Waals surface area contributed by atoms with Crippen molar-refractivity contribution in [2.75, 3.05) is 6.54 Å². The molecule has 2 aromatic carbocycles. The van der Waals surface area contributed by atoms with E-state index in [2.05, 4.69) is 10.3 Å². The Morgan fingerprint density at radius 3 is 2.79 bits per heavy atom. The molecule has 0 saturated carbocycles. The topological polar surface area (TPSA) is 46.9 Å². The van der Waals surface area contributed by atoms with Crippen LogP contribution in [-0.4, -0.2) is 22.0 Å². The monoisotopic (exact) mass is 341 g/mol. The van der Waals surface area contributed by atoms with E-state index in [0.717, 1.165) is 34.5 Å². The van der Waals surface area contributed by atoms with Crippen molar-refractivity contribution in [2.45, 2.75) is 25.8 Å². The van der Waals surface area contributed by atoms with Gasteiger partial charge in [-0.1, -0.05) is 41.9 Å². The Balaban J connectivity index is 1.41. The van der Waals surface area contributed by atoms with E-state index < -0.39 is 0 Å². The number of aryl methyl sites for hydroxylation is 2. The highest BCUT2D eigenvalue weighted by Crippen LogP contribution is 2.16. The minimum Gasteiger partial charge on any atom is -0.356 e. The van der Waals surface area contributed by atoms with Gasteiger partial charge in [-0.3, -0.25) is 4.79 Å². The summed E-state index contributed by atoms with van der Waals surface area (Å²) in [5, 5.41) is 3.75. The molecule has 0 fully saturated rings. The number of hydrogen-bond donors (Lipinski definition) is 1. The molecule has 0 atom stereocenters. The van der Waals surface area contributed by atoms with Crippen molar-refractivity contribution < 1.29 is 4.79 Å². The second-order valence-electron chi connectivity index (χ2n) is 5.72. The molecule has 0 radical (unpaired) electrons. The first-order chi connectivity index (χ1) is 11.7. The van der Waals surface area contributed by atoms with Crippen molar-refractivity contribution >= 4 is 28.5 Å². The first-order valence-electron chi connectivity index (χ1n) is 8.14. The van der Waals surface area contributed by atoms with E-state index in [1.165, 1.54) is 0 Å². The molecule has 1 N–H and O–H groups in total. The standard InChI is InChI=1S/C19H20ClN3O/c20-16-8-2-1-6-15(16)7-5-12-21-19(24)11-13-23-14-22-17-9-3-4-10-18(17)23/h1-4,6,8-10,14H,5,7,11-13H2,(H,21,24). The number of nitrogens with one attached hydrogen (secondary N) is 1. The van der Waals surface area contributed by atoms with Crippen LogP contribution in [0.25, 0.3) is 11.0 Å². The van der Waals surface area contributed by atoms with Crippen LogP contribution in [0.5, 0.6) is 0 Å². The Labute approximate surface area is 146 Å². The highest BCUT2D eigenvalue weighted by atomic mass is 35.5. The minimum atomic E-state index is 0.0620. The smallest absolute Gasteiger partial charge is 0.221 e. The van der Waals surface area contributed by atoms with Crippen LogP contribution in [0, 0.1) is 0 Å². The lowest BCUT2D eigenvalue weighted by Crippen LogP contribution is -2.25. The molecule has 1 aromatic heterocycles. The van der Waals surface area contributed by atoms with Crippen LogP contribution in [-0.2, 0) is 17.8 Å². The van der Waals surface area contributed by atoms with Crippen LogP contribution in [0.3, 0.4) is 0 Å². The molecule has 0 aliphatic heterocycles. The van der Waals surface area contributed by atoms with Crippen LogP contribution in [0.1, 0.15) is 18.4 Å². The van der Waals surface area contributed by atoms with Crippen molar-refractivity contribution in [3.8, 4) is 0 Å². The Morgan fingerprint density at radius 1 is 1.12 bits per heavy atom. The van der Waals surface area contributed by atoms with E-state index in [1.54, 1.807) is 6.33 Å². The van der Waals surface area contributed by atoms with Gasteiger partial charge in [-0.2, -0.15) is 0 Å².